The quantitative estimate of drug-likeness (QED) is 0.660. The van der Waals surface area contributed by atoms with Crippen LogP contribution in [0, 0.1) is 0 Å². The first-order valence-electron chi connectivity index (χ1n) is 10.7. The molecule has 0 bridgehead atoms. The lowest BCUT2D eigenvalue weighted by Gasteiger charge is -2.20. The summed E-state index contributed by atoms with van der Waals surface area (Å²) in [6, 6.07) is 9.92. The van der Waals surface area contributed by atoms with E-state index < -0.39 is 0 Å². The summed E-state index contributed by atoms with van der Waals surface area (Å²) in [5, 5.41) is 23.6. The monoisotopic (exact) mass is 422 g/mol. The number of hydrogen-bond donors (Lipinski definition) is 2. The molecule has 0 radical (unpaired) electrons. The van der Waals surface area contributed by atoms with Crippen LogP contribution in [0.1, 0.15) is 65.4 Å². The normalized spacial score (nSPS) is 19.6. The van der Waals surface area contributed by atoms with Gasteiger partial charge in [0.2, 0.25) is 0 Å². The first kappa shape index (κ1) is 21.2. The van der Waals surface area contributed by atoms with Gasteiger partial charge in [-0.1, -0.05) is 35.5 Å². The van der Waals surface area contributed by atoms with Gasteiger partial charge in [-0.25, -0.2) is 0 Å². The van der Waals surface area contributed by atoms with Crippen molar-refractivity contribution >= 4 is 17.3 Å². The fourth-order valence-corrected chi connectivity index (χ4v) is 4.43. The van der Waals surface area contributed by atoms with Gasteiger partial charge in [0, 0.05) is 31.4 Å². The molecule has 0 fully saturated rings. The molecule has 162 valence electrons. The van der Waals surface area contributed by atoms with E-state index in [0.29, 0.717) is 67.7 Å². The number of rotatable bonds is 7. The van der Waals surface area contributed by atoms with Crippen LogP contribution in [0.3, 0.4) is 0 Å². The van der Waals surface area contributed by atoms with Gasteiger partial charge in [0.05, 0.1) is 30.0 Å². The van der Waals surface area contributed by atoms with Gasteiger partial charge < -0.3 is 14.7 Å². The number of hydrogen-bond acceptors (Lipinski definition) is 7. The highest BCUT2D eigenvalue weighted by Gasteiger charge is 2.33. The second-order valence-electron chi connectivity index (χ2n) is 8.02. The van der Waals surface area contributed by atoms with Crippen molar-refractivity contribution in [2.45, 2.75) is 50.9 Å². The number of allylic oxidation sites excluding steroid dienone is 2. The molecule has 2 N–H and O–H groups in total. The number of nitrogens with zero attached hydrogens (tertiary/aromatic N) is 2. The molecule has 0 amide bonds. The highest BCUT2D eigenvalue weighted by atomic mass is 16.5. The third-order valence-corrected chi connectivity index (χ3v) is 5.92. The Hall–Kier alpha value is -3.06. The SMILES string of the molecule is O=C1CCCC(O)=C1C(CCc1noc2c1C(=O)CC(c1ccccc1)C2)=NCCO. The Balaban J connectivity index is 1.54. The third-order valence-electron chi connectivity index (χ3n) is 5.92. The molecular formula is C24H26N2O5. The highest BCUT2D eigenvalue weighted by molar-refractivity contribution is 6.23. The fraction of sp³-hybridized carbons (Fsp3) is 0.417. The van der Waals surface area contributed by atoms with E-state index in [1.165, 1.54) is 0 Å². The van der Waals surface area contributed by atoms with Crippen molar-refractivity contribution in [2.24, 2.45) is 4.99 Å². The molecule has 2 aromatic rings. The number of aliphatic imine (C=N–C) groups is 1. The standard InChI is InChI=1S/C24H26N2O5/c27-12-11-25-17(23-19(28)7-4-8-20(23)29)9-10-18-24-21(30)13-16(14-22(24)31-26-18)15-5-2-1-3-6-15/h1-3,5-6,16,27-28H,4,7-14H2. The van der Waals surface area contributed by atoms with Crippen molar-refractivity contribution in [1.29, 1.82) is 0 Å². The molecule has 7 heteroatoms. The van der Waals surface area contributed by atoms with Gasteiger partial charge in [-0.3, -0.25) is 14.6 Å². The maximum Gasteiger partial charge on any atom is 0.168 e. The molecule has 2 aliphatic rings. The zero-order chi connectivity index (χ0) is 21.8. The molecule has 2 aliphatic carbocycles. The molecule has 1 aromatic carbocycles. The second-order valence-corrected chi connectivity index (χ2v) is 8.02. The van der Waals surface area contributed by atoms with Crippen LogP contribution in [-0.4, -0.2) is 45.8 Å². The van der Waals surface area contributed by atoms with Gasteiger partial charge in [-0.15, -0.1) is 0 Å². The minimum atomic E-state index is -0.148. The van der Waals surface area contributed by atoms with Crippen LogP contribution in [0.25, 0.3) is 0 Å². The van der Waals surface area contributed by atoms with Gasteiger partial charge in [0.25, 0.3) is 0 Å². The van der Waals surface area contributed by atoms with Gasteiger partial charge in [-0.2, -0.15) is 0 Å². The fourth-order valence-electron chi connectivity index (χ4n) is 4.43. The summed E-state index contributed by atoms with van der Waals surface area (Å²) in [5.41, 5.74) is 2.93. The molecule has 1 heterocycles. The van der Waals surface area contributed by atoms with Crippen LogP contribution in [0.5, 0.6) is 0 Å². The molecule has 31 heavy (non-hydrogen) atoms. The molecule has 1 unspecified atom stereocenters. The number of benzene rings is 1. The molecule has 4 rings (SSSR count). The lowest BCUT2D eigenvalue weighted by molar-refractivity contribution is -0.115. The molecule has 7 nitrogen and oxygen atoms in total. The van der Waals surface area contributed by atoms with Crippen molar-refractivity contribution in [1.82, 2.24) is 5.16 Å². The molecule has 1 aromatic heterocycles. The molecule has 0 saturated heterocycles. The predicted molar refractivity (Wildman–Crippen MR) is 115 cm³/mol. The molecule has 0 saturated carbocycles. The summed E-state index contributed by atoms with van der Waals surface area (Å²) in [6.45, 7) is -0.00153. The number of fused-ring (bicyclic) bond motifs is 1. The lowest BCUT2D eigenvalue weighted by Crippen LogP contribution is -2.22. The van der Waals surface area contributed by atoms with Gasteiger partial charge in [0.15, 0.2) is 11.6 Å². The average molecular weight is 422 g/mol. The Morgan fingerprint density at radius 1 is 1.13 bits per heavy atom. The summed E-state index contributed by atoms with van der Waals surface area (Å²) >= 11 is 0. The second kappa shape index (κ2) is 9.39. The summed E-state index contributed by atoms with van der Waals surface area (Å²) in [7, 11) is 0. The van der Waals surface area contributed by atoms with Crippen LogP contribution in [0.15, 0.2) is 51.2 Å². The van der Waals surface area contributed by atoms with Crippen molar-refractivity contribution in [3.05, 3.63) is 64.2 Å². The third kappa shape index (κ3) is 4.51. The van der Waals surface area contributed by atoms with Gasteiger partial charge in [0.1, 0.15) is 11.5 Å². The van der Waals surface area contributed by atoms with E-state index in [-0.39, 0.29) is 42.0 Å². The number of ketones is 2. The van der Waals surface area contributed by atoms with E-state index in [9.17, 15) is 14.7 Å². The highest BCUT2D eigenvalue weighted by Crippen LogP contribution is 2.34. The van der Waals surface area contributed by atoms with Gasteiger partial charge in [-0.05, 0) is 30.7 Å². The molecular weight excluding hydrogens is 396 g/mol. The zero-order valence-corrected chi connectivity index (χ0v) is 17.3. The van der Waals surface area contributed by atoms with Crippen LogP contribution in [0.4, 0.5) is 0 Å². The predicted octanol–water partition coefficient (Wildman–Crippen LogP) is 3.52. The Kier molecular flexibility index (Phi) is 6.42. The van der Waals surface area contributed by atoms with Crippen LogP contribution < -0.4 is 0 Å². The molecule has 0 spiro atoms. The molecule has 1 atom stereocenters. The maximum atomic E-state index is 12.9. The van der Waals surface area contributed by atoms with Gasteiger partial charge >= 0.3 is 0 Å². The average Bonchev–Trinajstić information content (AvgIpc) is 3.19. The van der Waals surface area contributed by atoms with Crippen molar-refractivity contribution in [3.63, 3.8) is 0 Å². The summed E-state index contributed by atoms with van der Waals surface area (Å²) in [5.74, 6) is 0.604. The van der Waals surface area contributed by atoms with Crippen LogP contribution >= 0.6 is 0 Å². The van der Waals surface area contributed by atoms with Crippen molar-refractivity contribution in [2.75, 3.05) is 13.2 Å². The summed E-state index contributed by atoms with van der Waals surface area (Å²) in [6.07, 6.45) is 3.16. The Bertz CT molecular complexity index is 1040. The van der Waals surface area contributed by atoms with Crippen LogP contribution in [0.2, 0.25) is 0 Å². The van der Waals surface area contributed by atoms with E-state index in [4.69, 9.17) is 9.63 Å². The minimum absolute atomic E-state index is 0.0102. The number of Topliss-reactive ketones (excluding diaryl/α,β-unsaturated/α-hetero) is 2. The van der Waals surface area contributed by atoms with E-state index in [1.807, 2.05) is 30.3 Å². The number of aryl methyl sites for hydroxylation is 1. The Morgan fingerprint density at radius 2 is 1.94 bits per heavy atom. The molecule has 0 aliphatic heterocycles. The number of aliphatic hydroxyl groups excluding tert-OH is 2. The van der Waals surface area contributed by atoms with E-state index in [1.54, 1.807) is 0 Å². The maximum absolute atomic E-state index is 12.9. The lowest BCUT2D eigenvalue weighted by atomic mass is 9.81. The first-order valence-corrected chi connectivity index (χ1v) is 10.7. The van der Waals surface area contributed by atoms with Crippen molar-refractivity contribution in [3.8, 4) is 0 Å². The topological polar surface area (TPSA) is 113 Å². The van der Waals surface area contributed by atoms with Crippen molar-refractivity contribution < 1.29 is 24.3 Å². The first-order chi connectivity index (χ1) is 15.1. The zero-order valence-electron chi connectivity index (χ0n) is 17.3. The Labute approximate surface area is 180 Å². The van der Waals surface area contributed by atoms with Crippen LogP contribution in [-0.2, 0) is 17.6 Å². The van der Waals surface area contributed by atoms with E-state index in [0.717, 1.165) is 5.56 Å². The number of carbonyl (C=O) groups is 2. The largest absolute Gasteiger partial charge is 0.511 e. The van der Waals surface area contributed by atoms with E-state index in [2.05, 4.69) is 10.1 Å². The number of aromatic nitrogens is 1. The number of aliphatic hydroxyl groups is 2. The Morgan fingerprint density at radius 3 is 2.68 bits per heavy atom. The summed E-state index contributed by atoms with van der Waals surface area (Å²) in [4.78, 5) is 29.6. The number of carbonyl (C=O) groups excluding carboxylic acids is 2. The minimum Gasteiger partial charge on any atom is -0.511 e. The summed E-state index contributed by atoms with van der Waals surface area (Å²) < 4.78 is 5.53. The smallest absolute Gasteiger partial charge is 0.168 e. The van der Waals surface area contributed by atoms with E-state index >= 15 is 0 Å².